The Kier molecular flexibility index (Phi) is 4.77. The number of carbonyl (C=O) groups is 1. The molecule has 0 spiro atoms. The summed E-state index contributed by atoms with van der Waals surface area (Å²) in [5.74, 6) is 0. The van der Waals surface area contributed by atoms with Gasteiger partial charge in [-0.05, 0) is 22.8 Å². The van der Waals surface area contributed by atoms with E-state index in [0.29, 0.717) is 6.61 Å². The number of carbonyl (C=O) groups excluding carboxylic acids is 1. The Morgan fingerprint density at radius 3 is 2.45 bits per heavy atom. The van der Waals surface area contributed by atoms with E-state index in [1.165, 1.54) is 5.56 Å². The fourth-order valence-corrected chi connectivity index (χ4v) is 2.75. The van der Waals surface area contributed by atoms with E-state index in [1.54, 1.807) is 0 Å². The average molecular weight is 318 g/mol. The van der Waals surface area contributed by atoms with Crippen LogP contribution in [0.25, 0.3) is 11.1 Å². The lowest BCUT2D eigenvalue weighted by molar-refractivity contribution is 0.0387. The first-order valence-corrected chi connectivity index (χ1v) is 7.15. The fraction of sp³-hybridized carbons (Fsp3) is 0.278. The SMILES string of the molecule is CC1(C)COC(=O)N[C@H]1c1cccc(-c2ccccc2)c1.Cl. The van der Waals surface area contributed by atoms with Gasteiger partial charge in [-0.3, -0.25) is 0 Å². The third-order valence-corrected chi connectivity index (χ3v) is 3.95. The van der Waals surface area contributed by atoms with Crippen molar-refractivity contribution in [2.24, 2.45) is 5.41 Å². The van der Waals surface area contributed by atoms with Crippen molar-refractivity contribution >= 4 is 18.5 Å². The van der Waals surface area contributed by atoms with Gasteiger partial charge in [-0.15, -0.1) is 12.4 Å². The standard InChI is InChI=1S/C18H19NO2.ClH/c1-18(2)12-21-17(20)19-16(18)15-10-6-9-14(11-15)13-7-4-3-5-8-13;/h3-11,16H,12H2,1-2H3,(H,19,20);1H/t16-;/m0./s1. The van der Waals surface area contributed by atoms with Gasteiger partial charge in [-0.2, -0.15) is 0 Å². The number of hydrogen-bond donors (Lipinski definition) is 1. The number of benzene rings is 2. The van der Waals surface area contributed by atoms with E-state index in [1.807, 2.05) is 24.3 Å². The molecule has 2 aromatic rings. The summed E-state index contributed by atoms with van der Waals surface area (Å²) in [6, 6.07) is 18.5. The van der Waals surface area contributed by atoms with Gasteiger partial charge in [0.15, 0.2) is 0 Å². The number of amides is 1. The quantitative estimate of drug-likeness (QED) is 0.880. The van der Waals surface area contributed by atoms with Crippen molar-refractivity contribution in [1.29, 1.82) is 0 Å². The van der Waals surface area contributed by atoms with Gasteiger partial charge in [-0.25, -0.2) is 4.79 Å². The summed E-state index contributed by atoms with van der Waals surface area (Å²) in [7, 11) is 0. The molecule has 0 aliphatic carbocycles. The molecule has 1 amide bonds. The average Bonchev–Trinajstić information content (AvgIpc) is 2.51. The highest BCUT2D eigenvalue weighted by molar-refractivity contribution is 5.85. The molecule has 116 valence electrons. The number of nitrogens with one attached hydrogen (secondary N) is 1. The molecule has 1 atom stereocenters. The van der Waals surface area contributed by atoms with Gasteiger partial charge >= 0.3 is 6.09 Å². The third-order valence-electron chi connectivity index (χ3n) is 3.95. The Morgan fingerprint density at radius 2 is 1.73 bits per heavy atom. The number of rotatable bonds is 2. The van der Waals surface area contributed by atoms with Crippen LogP contribution in [0.3, 0.4) is 0 Å². The van der Waals surface area contributed by atoms with E-state index in [2.05, 4.69) is 49.5 Å². The van der Waals surface area contributed by atoms with Crippen LogP contribution in [0.5, 0.6) is 0 Å². The molecule has 1 N–H and O–H groups in total. The van der Waals surface area contributed by atoms with Crippen LogP contribution < -0.4 is 5.32 Å². The summed E-state index contributed by atoms with van der Waals surface area (Å²) in [5.41, 5.74) is 3.31. The van der Waals surface area contributed by atoms with Gasteiger partial charge in [-0.1, -0.05) is 62.4 Å². The summed E-state index contributed by atoms with van der Waals surface area (Å²) in [6.07, 6.45) is -0.343. The minimum absolute atomic E-state index is 0. The summed E-state index contributed by atoms with van der Waals surface area (Å²) in [4.78, 5) is 11.6. The number of ether oxygens (including phenoxy) is 1. The second kappa shape index (κ2) is 6.41. The van der Waals surface area contributed by atoms with Crippen molar-refractivity contribution in [3.05, 3.63) is 60.2 Å². The number of cyclic esters (lactones) is 1. The summed E-state index contributed by atoms with van der Waals surface area (Å²) < 4.78 is 5.11. The maximum absolute atomic E-state index is 11.6. The predicted molar refractivity (Wildman–Crippen MR) is 90.1 cm³/mol. The second-order valence-corrected chi connectivity index (χ2v) is 6.13. The van der Waals surface area contributed by atoms with Crippen LogP contribution in [0.4, 0.5) is 4.79 Å². The zero-order valence-electron chi connectivity index (χ0n) is 12.7. The molecule has 1 fully saturated rings. The Labute approximate surface area is 137 Å². The van der Waals surface area contributed by atoms with E-state index in [-0.39, 0.29) is 30.0 Å². The van der Waals surface area contributed by atoms with Crippen molar-refractivity contribution in [2.45, 2.75) is 19.9 Å². The molecule has 0 unspecified atom stereocenters. The molecule has 3 rings (SSSR count). The summed E-state index contributed by atoms with van der Waals surface area (Å²) >= 11 is 0. The van der Waals surface area contributed by atoms with Crippen LogP contribution in [-0.4, -0.2) is 12.7 Å². The lowest BCUT2D eigenvalue weighted by Gasteiger charge is -2.38. The molecule has 0 bridgehead atoms. The minimum Gasteiger partial charge on any atom is -0.449 e. The molecular formula is C18H20ClNO2. The lowest BCUT2D eigenvalue weighted by atomic mass is 9.80. The van der Waals surface area contributed by atoms with Crippen LogP contribution in [0.15, 0.2) is 54.6 Å². The molecule has 22 heavy (non-hydrogen) atoms. The third kappa shape index (κ3) is 3.25. The van der Waals surface area contributed by atoms with E-state index < -0.39 is 0 Å². The Hall–Kier alpha value is -2.00. The summed E-state index contributed by atoms with van der Waals surface area (Å²) in [5, 5.41) is 2.94. The molecular weight excluding hydrogens is 298 g/mol. The Morgan fingerprint density at radius 1 is 1.05 bits per heavy atom. The van der Waals surface area contributed by atoms with Crippen molar-refractivity contribution < 1.29 is 9.53 Å². The normalized spacial score (nSPS) is 19.5. The molecule has 1 aliphatic heterocycles. The molecule has 2 aromatic carbocycles. The second-order valence-electron chi connectivity index (χ2n) is 6.13. The van der Waals surface area contributed by atoms with Crippen LogP contribution in [0.1, 0.15) is 25.5 Å². The van der Waals surface area contributed by atoms with Gasteiger partial charge < -0.3 is 10.1 Å². The number of halogens is 1. The monoisotopic (exact) mass is 317 g/mol. The van der Waals surface area contributed by atoms with Gasteiger partial charge in [0.25, 0.3) is 0 Å². The van der Waals surface area contributed by atoms with Crippen molar-refractivity contribution in [2.75, 3.05) is 6.61 Å². The molecule has 4 heteroatoms. The number of hydrogen-bond acceptors (Lipinski definition) is 2. The Balaban J connectivity index is 0.00000176. The van der Waals surface area contributed by atoms with Crippen LogP contribution >= 0.6 is 12.4 Å². The molecule has 1 saturated heterocycles. The molecule has 1 aliphatic rings. The van der Waals surface area contributed by atoms with Crippen molar-refractivity contribution in [1.82, 2.24) is 5.32 Å². The highest BCUT2D eigenvalue weighted by Crippen LogP contribution is 2.37. The molecule has 0 aromatic heterocycles. The molecule has 3 nitrogen and oxygen atoms in total. The van der Waals surface area contributed by atoms with Gasteiger partial charge in [0.05, 0.1) is 6.04 Å². The largest absolute Gasteiger partial charge is 0.449 e. The fourth-order valence-electron chi connectivity index (χ4n) is 2.75. The van der Waals surface area contributed by atoms with Crippen molar-refractivity contribution in [3.8, 4) is 11.1 Å². The first kappa shape index (κ1) is 16.4. The van der Waals surface area contributed by atoms with E-state index in [9.17, 15) is 4.79 Å². The van der Waals surface area contributed by atoms with E-state index >= 15 is 0 Å². The molecule has 0 saturated carbocycles. The molecule has 1 heterocycles. The van der Waals surface area contributed by atoms with E-state index in [0.717, 1.165) is 11.1 Å². The zero-order chi connectivity index (χ0) is 14.9. The van der Waals surface area contributed by atoms with Crippen molar-refractivity contribution in [3.63, 3.8) is 0 Å². The highest BCUT2D eigenvalue weighted by Gasteiger charge is 2.37. The lowest BCUT2D eigenvalue weighted by Crippen LogP contribution is -2.46. The van der Waals surface area contributed by atoms with Crippen LogP contribution in [-0.2, 0) is 4.74 Å². The van der Waals surface area contributed by atoms with Crippen LogP contribution in [0, 0.1) is 5.41 Å². The maximum atomic E-state index is 11.6. The zero-order valence-corrected chi connectivity index (χ0v) is 13.5. The summed E-state index contributed by atoms with van der Waals surface area (Å²) in [6.45, 7) is 4.64. The predicted octanol–water partition coefficient (Wildman–Crippen LogP) is 4.58. The van der Waals surface area contributed by atoms with Gasteiger partial charge in [0.2, 0.25) is 0 Å². The highest BCUT2D eigenvalue weighted by atomic mass is 35.5. The minimum atomic E-state index is -0.343. The van der Waals surface area contributed by atoms with Gasteiger partial charge in [0, 0.05) is 5.41 Å². The first-order valence-electron chi connectivity index (χ1n) is 7.15. The molecule has 0 radical (unpaired) electrons. The first-order chi connectivity index (χ1) is 10.1. The smallest absolute Gasteiger partial charge is 0.407 e. The van der Waals surface area contributed by atoms with E-state index in [4.69, 9.17) is 4.74 Å². The van der Waals surface area contributed by atoms with Gasteiger partial charge in [0.1, 0.15) is 6.61 Å². The van der Waals surface area contributed by atoms with Crippen LogP contribution in [0.2, 0.25) is 0 Å². The number of alkyl carbamates (subject to hydrolysis) is 1. The topological polar surface area (TPSA) is 38.3 Å². The Bertz CT molecular complexity index is 655. The maximum Gasteiger partial charge on any atom is 0.407 e.